The molecule has 1 heterocycles. The lowest BCUT2D eigenvalue weighted by atomic mass is 10.1. The molecule has 5 heteroatoms. The second-order valence-electron chi connectivity index (χ2n) is 4.31. The van der Waals surface area contributed by atoms with Crippen LogP contribution in [0.2, 0.25) is 5.02 Å². The number of rotatable bonds is 4. The van der Waals surface area contributed by atoms with Crippen LogP contribution in [0.1, 0.15) is 19.4 Å². The van der Waals surface area contributed by atoms with Gasteiger partial charge in [0.05, 0.1) is 10.9 Å². The summed E-state index contributed by atoms with van der Waals surface area (Å²) in [6.07, 6.45) is 1.22. The molecule has 2 aromatic rings. The van der Waals surface area contributed by atoms with Crippen LogP contribution in [-0.4, -0.2) is 23.1 Å². The molecule has 0 spiro atoms. The van der Waals surface area contributed by atoms with E-state index >= 15 is 0 Å². The number of benzene rings is 1. The highest BCUT2D eigenvalue weighted by atomic mass is 35.5. The number of phenolic OH excluding ortho intramolecular Hbond substituents is 1. The van der Waals surface area contributed by atoms with Crippen molar-refractivity contribution in [3.8, 4) is 5.75 Å². The van der Waals surface area contributed by atoms with Crippen molar-refractivity contribution < 1.29 is 9.52 Å². The summed E-state index contributed by atoms with van der Waals surface area (Å²) in [6.45, 7) is 6.31. The molecule has 4 nitrogen and oxygen atoms in total. The minimum Gasteiger partial charge on any atom is -0.507 e. The highest BCUT2D eigenvalue weighted by molar-refractivity contribution is 6.30. The van der Waals surface area contributed by atoms with Crippen LogP contribution < -0.4 is 5.43 Å². The molecule has 0 atom stereocenters. The van der Waals surface area contributed by atoms with E-state index in [1.54, 1.807) is 0 Å². The number of hydrogen-bond acceptors (Lipinski definition) is 4. The fraction of sp³-hybridized carbons (Fsp3) is 0.357. The number of nitrogens with zero attached hydrogens (tertiary/aromatic N) is 1. The minimum absolute atomic E-state index is 0.0481. The fourth-order valence-electron chi connectivity index (χ4n) is 2.05. The van der Waals surface area contributed by atoms with Gasteiger partial charge in [-0.2, -0.15) is 0 Å². The van der Waals surface area contributed by atoms with Crippen LogP contribution in [-0.2, 0) is 6.54 Å². The molecule has 0 amide bonds. The van der Waals surface area contributed by atoms with E-state index in [4.69, 9.17) is 16.0 Å². The summed E-state index contributed by atoms with van der Waals surface area (Å²) in [6, 6.07) is 3.04. The molecule has 0 aliphatic rings. The van der Waals surface area contributed by atoms with E-state index in [0.29, 0.717) is 23.1 Å². The van der Waals surface area contributed by atoms with E-state index in [0.717, 1.165) is 13.1 Å². The third-order valence-corrected chi connectivity index (χ3v) is 3.51. The van der Waals surface area contributed by atoms with Crippen LogP contribution in [0.3, 0.4) is 0 Å². The van der Waals surface area contributed by atoms with Crippen LogP contribution in [0, 0.1) is 0 Å². The zero-order valence-electron chi connectivity index (χ0n) is 10.9. The van der Waals surface area contributed by atoms with Gasteiger partial charge in [0.1, 0.15) is 22.6 Å². The van der Waals surface area contributed by atoms with Crippen molar-refractivity contribution in [3.63, 3.8) is 0 Å². The van der Waals surface area contributed by atoms with Gasteiger partial charge >= 0.3 is 0 Å². The topological polar surface area (TPSA) is 53.7 Å². The number of hydrogen-bond donors (Lipinski definition) is 1. The predicted octanol–water partition coefficient (Wildman–Crippen LogP) is 2.99. The van der Waals surface area contributed by atoms with Gasteiger partial charge in [-0.25, -0.2) is 0 Å². The molecule has 2 rings (SSSR count). The monoisotopic (exact) mass is 281 g/mol. The molecule has 102 valence electrons. The molecule has 1 aromatic carbocycles. The van der Waals surface area contributed by atoms with E-state index in [-0.39, 0.29) is 16.2 Å². The Morgan fingerprint density at radius 1 is 1.32 bits per heavy atom. The normalized spacial score (nSPS) is 11.4. The number of halogens is 1. The van der Waals surface area contributed by atoms with Crippen molar-refractivity contribution in [2.24, 2.45) is 0 Å². The van der Waals surface area contributed by atoms with Crippen LogP contribution in [0.4, 0.5) is 0 Å². The number of phenols is 1. The molecule has 0 aliphatic carbocycles. The predicted molar refractivity (Wildman–Crippen MR) is 75.8 cm³/mol. The van der Waals surface area contributed by atoms with Crippen LogP contribution in [0.25, 0.3) is 11.0 Å². The summed E-state index contributed by atoms with van der Waals surface area (Å²) in [7, 11) is 0. The Bertz CT molecular complexity index is 647. The Morgan fingerprint density at radius 3 is 2.63 bits per heavy atom. The first-order valence-electron chi connectivity index (χ1n) is 6.22. The molecule has 0 bridgehead atoms. The Balaban J connectivity index is 2.62. The maximum atomic E-state index is 11.9. The summed E-state index contributed by atoms with van der Waals surface area (Å²) in [5, 5.41) is 10.4. The lowest BCUT2D eigenvalue weighted by Crippen LogP contribution is -2.22. The van der Waals surface area contributed by atoms with Gasteiger partial charge < -0.3 is 9.52 Å². The molecule has 0 unspecified atom stereocenters. The molecule has 19 heavy (non-hydrogen) atoms. The van der Waals surface area contributed by atoms with E-state index in [2.05, 4.69) is 4.90 Å². The summed E-state index contributed by atoms with van der Waals surface area (Å²) >= 11 is 5.76. The molecule has 0 fully saturated rings. The third-order valence-electron chi connectivity index (χ3n) is 3.25. The van der Waals surface area contributed by atoms with Gasteiger partial charge in [-0.1, -0.05) is 25.4 Å². The summed E-state index contributed by atoms with van der Waals surface area (Å²) in [4.78, 5) is 14.1. The first-order chi connectivity index (χ1) is 9.08. The van der Waals surface area contributed by atoms with Gasteiger partial charge in [0.15, 0.2) is 0 Å². The quantitative estimate of drug-likeness (QED) is 0.936. The molecule has 1 aromatic heterocycles. The smallest absolute Gasteiger partial charge is 0.211 e. The first-order valence-corrected chi connectivity index (χ1v) is 6.60. The second-order valence-corrected chi connectivity index (χ2v) is 4.72. The lowest BCUT2D eigenvalue weighted by molar-refractivity contribution is 0.290. The zero-order chi connectivity index (χ0) is 14.0. The van der Waals surface area contributed by atoms with Gasteiger partial charge in [-0.15, -0.1) is 0 Å². The van der Waals surface area contributed by atoms with Crippen molar-refractivity contribution in [2.75, 3.05) is 13.1 Å². The summed E-state index contributed by atoms with van der Waals surface area (Å²) in [5.74, 6) is 0.130. The van der Waals surface area contributed by atoms with Gasteiger partial charge in [0.2, 0.25) is 5.43 Å². The maximum absolute atomic E-state index is 11.9. The highest BCUT2D eigenvalue weighted by Gasteiger charge is 2.15. The van der Waals surface area contributed by atoms with Crippen LogP contribution in [0.5, 0.6) is 5.75 Å². The maximum Gasteiger partial charge on any atom is 0.211 e. The third kappa shape index (κ3) is 2.60. The first kappa shape index (κ1) is 13.9. The SMILES string of the molecule is CCN(CC)Cc1c(O)ccc2c(=O)c(Cl)coc12. The number of aromatic hydroxyl groups is 1. The van der Waals surface area contributed by atoms with Gasteiger partial charge in [-0.3, -0.25) is 9.69 Å². The summed E-state index contributed by atoms with van der Waals surface area (Å²) < 4.78 is 5.41. The van der Waals surface area contributed by atoms with Crippen molar-refractivity contribution in [1.82, 2.24) is 4.90 Å². The molecule has 0 saturated heterocycles. The molecule has 0 radical (unpaired) electrons. The Labute approximate surface area is 116 Å². The largest absolute Gasteiger partial charge is 0.507 e. The van der Waals surface area contributed by atoms with Crippen molar-refractivity contribution >= 4 is 22.6 Å². The molecule has 0 saturated carbocycles. The zero-order valence-corrected chi connectivity index (χ0v) is 11.7. The van der Waals surface area contributed by atoms with Crippen molar-refractivity contribution in [2.45, 2.75) is 20.4 Å². The van der Waals surface area contributed by atoms with E-state index in [9.17, 15) is 9.90 Å². The molecular formula is C14H16ClNO3. The fourth-order valence-corrected chi connectivity index (χ4v) is 2.19. The van der Waals surface area contributed by atoms with Crippen molar-refractivity contribution in [1.29, 1.82) is 0 Å². The molecular weight excluding hydrogens is 266 g/mol. The standard InChI is InChI=1S/C14H16ClNO3/c1-3-16(4-2)7-10-12(17)6-5-9-13(18)11(15)8-19-14(9)10/h5-6,8,17H,3-4,7H2,1-2H3. The van der Waals surface area contributed by atoms with E-state index in [1.807, 2.05) is 13.8 Å². The van der Waals surface area contributed by atoms with E-state index in [1.165, 1.54) is 18.4 Å². The summed E-state index contributed by atoms with van der Waals surface area (Å²) in [5.41, 5.74) is 0.750. The minimum atomic E-state index is -0.274. The second kappa shape index (κ2) is 5.63. The van der Waals surface area contributed by atoms with Crippen LogP contribution >= 0.6 is 11.6 Å². The van der Waals surface area contributed by atoms with Gasteiger partial charge in [-0.05, 0) is 25.2 Å². The Hall–Kier alpha value is -1.52. The Kier molecular flexibility index (Phi) is 4.12. The molecule has 0 aliphatic heterocycles. The lowest BCUT2D eigenvalue weighted by Gasteiger charge is -2.19. The van der Waals surface area contributed by atoms with Gasteiger partial charge in [0, 0.05) is 6.54 Å². The molecule has 1 N–H and O–H groups in total. The Morgan fingerprint density at radius 2 is 2.00 bits per heavy atom. The van der Waals surface area contributed by atoms with Crippen LogP contribution in [0.15, 0.2) is 27.6 Å². The number of fused-ring (bicyclic) bond motifs is 1. The highest BCUT2D eigenvalue weighted by Crippen LogP contribution is 2.27. The van der Waals surface area contributed by atoms with Gasteiger partial charge in [0.25, 0.3) is 0 Å². The van der Waals surface area contributed by atoms with Crippen molar-refractivity contribution in [3.05, 3.63) is 39.2 Å². The van der Waals surface area contributed by atoms with E-state index < -0.39 is 0 Å². The average Bonchev–Trinajstić information content (AvgIpc) is 2.42. The average molecular weight is 282 g/mol.